The number of fused-ring (bicyclic) bond motifs is 1. The van der Waals surface area contributed by atoms with Gasteiger partial charge in [-0.2, -0.15) is 0 Å². The molecule has 1 aliphatic rings. The zero-order valence-electron chi connectivity index (χ0n) is 14.9. The van der Waals surface area contributed by atoms with Gasteiger partial charge in [-0.3, -0.25) is 4.72 Å². The van der Waals surface area contributed by atoms with Gasteiger partial charge in [0.25, 0.3) is 0 Å². The molecule has 10 heteroatoms. The molecule has 2 N–H and O–H groups in total. The van der Waals surface area contributed by atoms with E-state index in [4.69, 9.17) is 27.9 Å². The van der Waals surface area contributed by atoms with Crippen molar-refractivity contribution in [2.75, 3.05) is 23.3 Å². The highest BCUT2D eigenvalue weighted by Gasteiger charge is 2.18. The van der Waals surface area contributed by atoms with E-state index in [1.54, 1.807) is 30.3 Å². The predicted octanol–water partition coefficient (Wildman–Crippen LogP) is 4.12. The molecule has 0 aliphatic carbocycles. The molecule has 0 spiro atoms. The van der Waals surface area contributed by atoms with E-state index in [-0.39, 0.29) is 6.61 Å². The summed E-state index contributed by atoms with van der Waals surface area (Å²) in [6, 6.07) is 10.0. The van der Waals surface area contributed by atoms with E-state index in [0.29, 0.717) is 33.7 Å². The van der Waals surface area contributed by atoms with E-state index in [9.17, 15) is 13.5 Å². The number of benzene rings is 2. The van der Waals surface area contributed by atoms with Gasteiger partial charge in [0.1, 0.15) is 12.4 Å². The van der Waals surface area contributed by atoms with Gasteiger partial charge in [-0.05, 0) is 42.0 Å². The molecule has 0 aromatic heterocycles. The Labute approximate surface area is 178 Å². The minimum atomic E-state index is -3.32. The van der Waals surface area contributed by atoms with Crippen LogP contribution in [0, 0.1) is 0 Å². The number of hydrogen-bond acceptors (Lipinski definition) is 6. The van der Waals surface area contributed by atoms with Gasteiger partial charge in [0.05, 0.1) is 33.1 Å². The van der Waals surface area contributed by atoms with Gasteiger partial charge >= 0.3 is 0 Å². The van der Waals surface area contributed by atoms with E-state index in [1.165, 1.54) is 11.8 Å². The fourth-order valence-corrected chi connectivity index (χ4v) is 4.32. The Kier molecular flexibility index (Phi) is 6.77. The number of halogens is 2. The number of aliphatic hydroxyl groups excluding tert-OH is 1. The number of hydrogen-bond donors (Lipinski definition) is 2. The molecule has 0 saturated heterocycles. The van der Waals surface area contributed by atoms with E-state index in [0.717, 1.165) is 22.6 Å². The van der Waals surface area contributed by atoms with Crippen molar-refractivity contribution in [3.63, 3.8) is 0 Å². The molecule has 1 aliphatic heterocycles. The highest BCUT2D eigenvalue weighted by atomic mass is 35.5. The molecule has 1 atom stereocenters. The van der Waals surface area contributed by atoms with Gasteiger partial charge in [-0.1, -0.05) is 23.2 Å². The maximum Gasteiger partial charge on any atom is 0.229 e. The van der Waals surface area contributed by atoms with E-state index in [2.05, 4.69) is 9.71 Å². The first-order valence-corrected chi connectivity index (χ1v) is 11.9. The number of sulfonamides is 1. The SMILES string of the molecule is CS(=O)(=O)Nc1ccc(OC[C@@H](O)CSC2=Nc3cc(Cl)c(Cl)cc3C2)cc1. The van der Waals surface area contributed by atoms with Crippen LogP contribution in [0.4, 0.5) is 11.4 Å². The van der Waals surface area contributed by atoms with Crippen molar-refractivity contribution in [1.82, 2.24) is 0 Å². The summed E-state index contributed by atoms with van der Waals surface area (Å²) in [4.78, 5) is 4.51. The number of anilines is 1. The maximum absolute atomic E-state index is 11.2. The Morgan fingerprint density at radius 2 is 1.93 bits per heavy atom. The lowest BCUT2D eigenvalue weighted by Gasteiger charge is -2.12. The fourth-order valence-electron chi connectivity index (χ4n) is 2.51. The Bertz CT molecular complexity index is 995. The Balaban J connectivity index is 1.45. The van der Waals surface area contributed by atoms with Crippen molar-refractivity contribution in [3.05, 3.63) is 52.0 Å². The van der Waals surface area contributed by atoms with Crippen LogP contribution in [0.2, 0.25) is 10.0 Å². The van der Waals surface area contributed by atoms with Crippen LogP contribution < -0.4 is 9.46 Å². The number of thioether (sulfide) groups is 1. The Morgan fingerprint density at radius 3 is 2.61 bits per heavy atom. The van der Waals surface area contributed by atoms with Crippen molar-refractivity contribution >= 4 is 61.4 Å². The molecule has 3 rings (SSSR count). The average Bonchev–Trinajstić information content (AvgIpc) is 3.00. The van der Waals surface area contributed by atoms with Crippen LogP contribution in [0.3, 0.4) is 0 Å². The summed E-state index contributed by atoms with van der Waals surface area (Å²) < 4.78 is 30.3. The quantitative estimate of drug-likeness (QED) is 0.648. The molecule has 2 aromatic carbocycles. The van der Waals surface area contributed by atoms with Crippen molar-refractivity contribution < 1.29 is 18.3 Å². The summed E-state index contributed by atoms with van der Waals surface area (Å²) in [7, 11) is -3.32. The number of ether oxygens (including phenoxy) is 1. The van der Waals surface area contributed by atoms with Crippen molar-refractivity contribution in [2.24, 2.45) is 4.99 Å². The first-order valence-electron chi connectivity index (χ1n) is 8.26. The fraction of sp³-hybridized carbons (Fsp3) is 0.278. The maximum atomic E-state index is 11.2. The second-order valence-electron chi connectivity index (χ2n) is 6.25. The summed E-state index contributed by atoms with van der Waals surface area (Å²) in [6.07, 6.45) is 1.07. The van der Waals surface area contributed by atoms with Gasteiger partial charge in [-0.15, -0.1) is 11.8 Å². The third-order valence-corrected chi connectivity index (χ3v) is 6.20. The topological polar surface area (TPSA) is 88.0 Å². The van der Waals surface area contributed by atoms with Crippen LogP contribution >= 0.6 is 35.0 Å². The summed E-state index contributed by atoms with van der Waals surface area (Å²) in [6.45, 7) is 0.115. The molecule has 2 aromatic rings. The van der Waals surface area contributed by atoms with Gasteiger partial charge < -0.3 is 9.84 Å². The molecule has 6 nitrogen and oxygen atoms in total. The monoisotopic (exact) mass is 460 g/mol. The number of nitrogens with one attached hydrogen (secondary N) is 1. The van der Waals surface area contributed by atoms with E-state index >= 15 is 0 Å². The second kappa shape index (κ2) is 8.92. The molecule has 1 heterocycles. The third kappa shape index (κ3) is 6.02. The van der Waals surface area contributed by atoms with Crippen LogP contribution in [0.15, 0.2) is 41.4 Å². The Morgan fingerprint density at radius 1 is 1.25 bits per heavy atom. The third-order valence-electron chi connectivity index (χ3n) is 3.75. The molecule has 0 fully saturated rings. The molecule has 0 radical (unpaired) electrons. The minimum Gasteiger partial charge on any atom is -0.491 e. The first-order chi connectivity index (χ1) is 13.2. The standard InChI is InChI=1S/C18H18Cl2N2O4S2/c1-28(24,25)22-12-2-4-14(5-3-12)26-9-13(23)10-27-18-7-11-6-15(19)16(20)8-17(11)21-18/h2-6,8,13,22-23H,7,9-10H2,1H3/t13-/m1/s1. The molecule has 28 heavy (non-hydrogen) atoms. The molecule has 0 amide bonds. The molecule has 0 bridgehead atoms. The summed E-state index contributed by atoms with van der Waals surface area (Å²) in [5, 5.41) is 12.0. The molecular formula is C18H18Cl2N2O4S2. The van der Waals surface area contributed by atoms with Gasteiger partial charge in [0, 0.05) is 17.9 Å². The van der Waals surface area contributed by atoms with E-state index < -0.39 is 16.1 Å². The van der Waals surface area contributed by atoms with Gasteiger partial charge in [-0.25, -0.2) is 13.4 Å². The highest BCUT2D eigenvalue weighted by molar-refractivity contribution is 8.14. The minimum absolute atomic E-state index is 0.115. The van der Waals surface area contributed by atoms with E-state index in [1.807, 2.05) is 6.07 Å². The second-order valence-corrected chi connectivity index (χ2v) is 9.91. The van der Waals surface area contributed by atoms with Crippen LogP contribution in [-0.2, 0) is 16.4 Å². The van der Waals surface area contributed by atoms with Crippen LogP contribution in [0.5, 0.6) is 5.75 Å². The zero-order valence-corrected chi connectivity index (χ0v) is 18.0. The first kappa shape index (κ1) is 21.3. The lowest BCUT2D eigenvalue weighted by atomic mass is 10.1. The number of rotatable bonds is 7. The van der Waals surface area contributed by atoms with Crippen molar-refractivity contribution in [1.29, 1.82) is 0 Å². The van der Waals surface area contributed by atoms with Crippen LogP contribution in [0.25, 0.3) is 0 Å². The van der Waals surface area contributed by atoms with Gasteiger partial charge in [0.15, 0.2) is 0 Å². The van der Waals surface area contributed by atoms with Crippen molar-refractivity contribution in [2.45, 2.75) is 12.5 Å². The van der Waals surface area contributed by atoms with Crippen LogP contribution in [0.1, 0.15) is 5.56 Å². The highest BCUT2D eigenvalue weighted by Crippen LogP contribution is 2.36. The average molecular weight is 461 g/mol. The molecular weight excluding hydrogens is 443 g/mol. The lowest BCUT2D eigenvalue weighted by Crippen LogP contribution is -2.21. The smallest absolute Gasteiger partial charge is 0.229 e. The van der Waals surface area contributed by atoms with Crippen LogP contribution in [-0.4, -0.2) is 43.3 Å². The van der Waals surface area contributed by atoms with Gasteiger partial charge in [0.2, 0.25) is 10.0 Å². The summed E-state index contributed by atoms with van der Waals surface area (Å²) >= 11 is 13.5. The molecule has 150 valence electrons. The zero-order chi connectivity index (χ0) is 20.3. The largest absolute Gasteiger partial charge is 0.491 e. The summed E-state index contributed by atoms with van der Waals surface area (Å²) in [5.41, 5.74) is 2.28. The number of aliphatic imine (C=N–C) groups is 1. The summed E-state index contributed by atoms with van der Waals surface area (Å²) in [5.74, 6) is 0.972. The predicted molar refractivity (Wildman–Crippen MR) is 116 cm³/mol. The Hall–Kier alpha value is -1.45. The molecule has 0 unspecified atom stereocenters. The number of nitrogens with zero attached hydrogens (tertiary/aromatic N) is 1. The van der Waals surface area contributed by atoms with Crippen molar-refractivity contribution in [3.8, 4) is 5.75 Å². The molecule has 0 saturated carbocycles. The number of aliphatic hydroxyl groups is 1. The normalized spacial score (nSPS) is 14.4. The lowest BCUT2D eigenvalue weighted by molar-refractivity contribution is 0.126.